The molecular weight excluding hydrogens is 400 g/mol. The quantitative estimate of drug-likeness (QED) is 0.525. The van der Waals surface area contributed by atoms with Gasteiger partial charge in [0.2, 0.25) is 5.95 Å². The van der Waals surface area contributed by atoms with Gasteiger partial charge in [-0.05, 0) is 49.4 Å². The van der Waals surface area contributed by atoms with Crippen LogP contribution < -0.4 is 10.2 Å². The third kappa shape index (κ3) is 3.84. The van der Waals surface area contributed by atoms with Crippen molar-refractivity contribution < 1.29 is 8.42 Å². The van der Waals surface area contributed by atoms with Gasteiger partial charge < -0.3 is 10.2 Å². The zero-order chi connectivity index (χ0) is 21.5. The van der Waals surface area contributed by atoms with E-state index in [2.05, 4.69) is 26.4 Å². The van der Waals surface area contributed by atoms with E-state index in [1.807, 2.05) is 48.8 Å². The molecule has 0 radical (unpaired) electrons. The van der Waals surface area contributed by atoms with E-state index >= 15 is 0 Å². The van der Waals surface area contributed by atoms with E-state index in [-0.39, 0.29) is 4.90 Å². The van der Waals surface area contributed by atoms with E-state index in [9.17, 15) is 8.42 Å². The zero-order valence-corrected chi connectivity index (χ0v) is 18.0. The summed E-state index contributed by atoms with van der Waals surface area (Å²) in [5.41, 5.74) is 3.58. The van der Waals surface area contributed by atoms with Crippen molar-refractivity contribution in [1.82, 2.24) is 19.7 Å². The first-order valence-electron chi connectivity index (χ1n) is 9.29. The minimum Gasteiger partial charge on any atom is -0.329 e. The molecular formula is C21H22N6O2S. The molecule has 0 unspecified atom stereocenters. The molecule has 0 aliphatic carbocycles. The van der Waals surface area contributed by atoms with Crippen LogP contribution in [0.15, 0.2) is 59.6 Å². The van der Waals surface area contributed by atoms with Crippen LogP contribution in [0.4, 0.5) is 23.1 Å². The van der Waals surface area contributed by atoms with Crippen LogP contribution in [0.3, 0.4) is 0 Å². The van der Waals surface area contributed by atoms with Gasteiger partial charge in [-0.3, -0.25) is 4.68 Å². The highest BCUT2D eigenvalue weighted by Crippen LogP contribution is 2.27. The van der Waals surface area contributed by atoms with Crippen LogP contribution in [0.5, 0.6) is 0 Å². The molecule has 0 aliphatic rings. The Balaban J connectivity index is 1.62. The highest BCUT2D eigenvalue weighted by Gasteiger charge is 2.12. The Bertz CT molecular complexity index is 1350. The lowest BCUT2D eigenvalue weighted by atomic mass is 10.2. The number of sulfone groups is 1. The lowest BCUT2D eigenvalue weighted by Gasteiger charge is -2.19. The monoisotopic (exact) mass is 422 g/mol. The van der Waals surface area contributed by atoms with Gasteiger partial charge >= 0.3 is 0 Å². The Kier molecular flexibility index (Phi) is 4.90. The predicted molar refractivity (Wildman–Crippen MR) is 118 cm³/mol. The summed E-state index contributed by atoms with van der Waals surface area (Å²) in [4.78, 5) is 11.0. The smallest absolute Gasteiger partial charge is 0.229 e. The van der Waals surface area contributed by atoms with Crippen LogP contribution in [-0.2, 0) is 16.9 Å². The van der Waals surface area contributed by atoms with Crippen LogP contribution in [0.25, 0.3) is 10.9 Å². The Morgan fingerprint density at radius 1 is 1.10 bits per heavy atom. The van der Waals surface area contributed by atoms with E-state index in [0.29, 0.717) is 17.5 Å². The van der Waals surface area contributed by atoms with E-state index in [4.69, 9.17) is 0 Å². The molecule has 154 valence electrons. The molecule has 0 atom stereocenters. The van der Waals surface area contributed by atoms with Crippen molar-refractivity contribution in [2.45, 2.75) is 11.8 Å². The van der Waals surface area contributed by atoms with Crippen molar-refractivity contribution in [1.29, 1.82) is 0 Å². The van der Waals surface area contributed by atoms with E-state index in [1.165, 1.54) is 6.26 Å². The number of benzene rings is 2. The van der Waals surface area contributed by atoms with Crippen LogP contribution in [0, 0.1) is 6.92 Å². The van der Waals surface area contributed by atoms with Gasteiger partial charge in [0, 0.05) is 49.0 Å². The van der Waals surface area contributed by atoms with Gasteiger partial charge in [-0.15, -0.1) is 0 Å². The zero-order valence-electron chi connectivity index (χ0n) is 17.2. The molecule has 0 saturated carbocycles. The molecule has 0 amide bonds. The topological polar surface area (TPSA) is 93.0 Å². The summed E-state index contributed by atoms with van der Waals surface area (Å²) in [5.74, 6) is 1.07. The summed E-state index contributed by atoms with van der Waals surface area (Å²) < 4.78 is 25.4. The average molecular weight is 423 g/mol. The van der Waals surface area contributed by atoms with Crippen molar-refractivity contribution in [2.75, 3.05) is 23.5 Å². The normalized spacial score (nSPS) is 11.6. The molecule has 2 aromatic heterocycles. The number of nitrogens with zero attached hydrogens (tertiary/aromatic N) is 5. The number of rotatable bonds is 5. The molecule has 2 aromatic carbocycles. The first-order valence-corrected chi connectivity index (χ1v) is 11.2. The van der Waals surface area contributed by atoms with Crippen molar-refractivity contribution in [3.8, 4) is 0 Å². The van der Waals surface area contributed by atoms with Gasteiger partial charge in [0.05, 0.1) is 10.4 Å². The maximum Gasteiger partial charge on any atom is 0.229 e. The average Bonchev–Trinajstić information content (AvgIpc) is 3.00. The van der Waals surface area contributed by atoms with Gasteiger partial charge in [-0.1, -0.05) is 6.07 Å². The maximum atomic E-state index is 11.8. The number of aryl methyl sites for hydroxylation is 2. The molecule has 0 aliphatic heterocycles. The highest BCUT2D eigenvalue weighted by atomic mass is 32.2. The molecule has 8 nitrogen and oxygen atoms in total. The molecule has 0 spiro atoms. The fourth-order valence-corrected chi connectivity index (χ4v) is 3.86. The molecule has 0 bridgehead atoms. The molecule has 0 saturated heterocycles. The molecule has 4 aromatic rings. The summed E-state index contributed by atoms with van der Waals surface area (Å²) in [6, 6.07) is 14.5. The SMILES string of the molecule is Cc1c2ccc(N(C)c3ccnc(Nc4cccc(S(C)(=O)=O)c4)n3)cc2nn1C. The number of anilines is 4. The number of fused-ring (bicyclic) bond motifs is 1. The minimum absolute atomic E-state index is 0.236. The second-order valence-corrected chi connectivity index (χ2v) is 9.15. The van der Waals surface area contributed by atoms with Gasteiger partial charge in [0.15, 0.2) is 9.84 Å². The summed E-state index contributed by atoms with van der Waals surface area (Å²) in [7, 11) is 0.563. The molecule has 9 heteroatoms. The number of hydrogen-bond donors (Lipinski definition) is 1. The summed E-state index contributed by atoms with van der Waals surface area (Å²) in [6.45, 7) is 2.04. The van der Waals surface area contributed by atoms with E-state index < -0.39 is 9.84 Å². The lowest BCUT2D eigenvalue weighted by molar-refractivity contribution is 0.602. The van der Waals surface area contributed by atoms with E-state index in [1.54, 1.807) is 30.5 Å². The number of hydrogen-bond acceptors (Lipinski definition) is 7. The van der Waals surface area contributed by atoms with E-state index in [0.717, 1.165) is 22.3 Å². The lowest BCUT2D eigenvalue weighted by Crippen LogP contribution is -2.12. The van der Waals surface area contributed by atoms with Crippen LogP contribution in [0.1, 0.15) is 5.69 Å². The van der Waals surface area contributed by atoms with Gasteiger partial charge in [0.1, 0.15) is 5.82 Å². The summed E-state index contributed by atoms with van der Waals surface area (Å²) >= 11 is 0. The van der Waals surface area contributed by atoms with Crippen LogP contribution in [-0.4, -0.2) is 41.5 Å². The van der Waals surface area contributed by atoms with Crippen molar-refractivity contribution >= 4 is 43.9 Å². The third-order valence-corrected chi connectivity index (χ3v) is 6.11. The highest BCUT2D eigenvalue weighted by molar-refractivity contribution is 7.90. The fraction of sp³-hybridized carbons (Fsp3) is 0.190. The summed E-state index contributed by atoms with van der Waals surface area (Å²) in [6.07, 6.45) is 2.84. The Labute approximate surface area is 175 Å². The molecule has 4 rings (SSSR count). The Morgan fingerprint density at radius 3 is 2.67 bits per heavy atom. The standard InChI is InChI=1S/C21H22N6O2S/c1-14-18-9-8-16(13-19(18)25-27(14)3)26(2)20-10-11-22-21(24-20)23-15-6-5-7-17(12-15)30(4,28)29/h5-13H,1-4H3,(H,22,23,24). The van der Waals surface area contributed by atoms with Crippen LogP contribution >= 0.6 is 0 Å². The largest absolute Gasteiger partial charge is 0.329 e. The van der Waals surface area contributed by atoms with Crippen molar-refractivity contribution in [2.24, 2.45) is 7.05 Å². The maximum absolute atomic E-state index is 11.8. The van der Waals surface area contributed by atoms with Crippen LogP contribution in [0.2, 0.25) is 0 Å². The fourth-order valence-electron chi connectivity index (χ4n) is 3.19. The van der Waals surface area contributed by atoms with Gasteiger partial charge in [0.25, 0.3) is 0 Å². The first kappa shape index (κ1) is 19.8. The minimum atomic E-state index is -3.29. The molecule has 1 N–H and O–H groups in total. The van der Waals surface area contributed by atoms with Gasteiger partial charge in [-0.2, -0.15) is 10.1 Å². The number of aromatic nitrogens is 4. The second-order valence-electron chi connectivity index (χ2n) is 7.13. The van der Waals surface area contributed by atoms with Crippen molar-refractivity contribution in [3.05, 3.63) is 60.4 Å². The molecule has 0 fully saturated rings. The number of nitrogens with one attached hydrogen (secondary N) is 1. The van der Waals surface area contributed by atoms with Gasteiger partial charge in [-0.25, -0.2) is 13.4 Å². The molecule has 2 heterocycles. The van der Waals surface area contributed by atoms with Crippen molar-refractivity contribution in [3.63, 3.8) is 0 Å². The molecule has 30 heavy (non-hydrogen) atoms. The summed E-state index contributed by atoms with van der Waals surface area (Å²) in [5, 5.41) is 8.74. The second kappa shape index (κ2) is 7.42. The Hall–Kier alpha value is -3.46. The predicted octanol–water partition coefficient (Wildman–Crippen LogP) is 3.59. The third-order valence-electron chi connectivity index (χ3n) is 5.00. The Morgan fingerprint density at radius 2 is 1.90 bits per heavy atom. The first-order chi connectivity index (χ1) is 14.2.